The van der Waals surface area contributed by atoms with Crippen LogP contribution in [0.2, 0.25) is 0 Å². The Balaban J connectivity index is 1.93. The molecule has 0 radical (unpaired) electrons. The summed E-state index contributed by atoms with van der Waals surface area (Å²) >= 11 is 0. The van der Waals surface area contributed by atoms with Crippen LogP contribution in [0.25, 0.3) is 11.5 Å². The molecule has 1 aromatic carbocycles. The van der Waals surface area contributed by atoms with Crippen LogP contribution in [-0.4, -0.2) is 38.5 Å². The molecule has 1 N–H and O–H groups in total. The number of imidazole rings is 2. The van der Waals surface area contributed by atoms with E-state index in [4.69, 9.17) is 0 Å². The van der Waals surface area contributed by atoms with Crippen LogP contribution in [0.5, 0.6) is 0 Å². The topological polar surface area (TPSA) is 49.7 Å². The van der Waals surface area contributed by atoms with Gasteiger partial charge in [0.25, 0.3) is 0 Å². The van der Waals surface area contributed by atoms with E-state index in [1.807, 2.05) is 12.4 Å². The van der Waals surface area contributed by atoms with Crippen molar-refractivity contribution in [2.75, 3.05) is 14.1 Å². The number of aromatic nitrogens is 4. The molecule has 3 aromatic rings. The Kier molecular flexibility index (Phi) is 4.06. The first-order valence-electron chi connectivity index (χ1n) is 7.38. The molecular formula is C17H21N5. The lowest BCUT2D eigenvalue weighted by atomic mass is 10.0. The van der Waals surface area contributed by atoms with Gasteiger partial charge in [-0.3, -0.25) is 0 Å². The van der Waals surface area contributed by atoms with Crippen molar-refractivity contribution in [3.05, 3.63) is 60.3 Å². The maximum Gasteiger partial charge on any atom is 0.158 e. The van der Waals surface area contributed by atoms with Crippen LogP contribution in [0.1, 0.15) is 17.2 Å². The first-order chi connectivity index (χ1) is 10.7. The molecule has 0 saturated carbocycles. The smallest absolute Gasteiger partial charge is 0.158 e. The van der Waals surface area contributed by atoms with E-state index < -0.39 is 0 Å². The van der Waals surface area contributed by atoms with Gasteiger partial charge in [0.05, 0.1) is 18.6 Å². The molecule has 3 rings (SSSR count). The average molecular weight is 295 g/mol. The van der Waals surface area contributed by atoms with Crippen molar-refractivity contribution in [2.45, 2.75) is 19.5 Å². The van der Waals surface area contributed by atoms with E-state index in [-0.39, 0.29) is 6.04 Å². The van der Waals surface area contributed by atoms with E-state index in [9.17, 15) is 0 Å². The molecule has 0 bridgehead atoms. The van der Waals surface area contributed by atoms with Gasteiger partial charge in [0.1, 0.15) is 5.69 Å². The van der Waals surface area contributed by atoms with E-state index in [0.717, 1.165) is 18.1 Å². The van der Waals surface area contributed by atoms with Gasteiger partial charge in [-0.25, -0.2) is 9.97 Å². The van der Waals surface area contributed by atoms with Crippen molar-refractivity contribution in [1.82, 2.24) is 24.4 Å². The van der Waals surface area contributed by atoms with E-state index in [1.165, 1.54) is 11.1 Å². The number of H-pyrrole nitrogens is 1. The number of likely N-dealkylation sites (N-methyl/N-ethyl adjacent to an activating group) is 1. The quantitative estimate of drug-likeness (QED) is 0.787. The number of rotatable bonds is 5. The number of aromatic amines is 1. The van der Waals surface area contributed by atoms with E-state index >= 15 is 0 Å². The minimum Gasteiger partial charge on any atom is -0.342 e. The summed E-state index contributed by atoms with van der Waals surface area (Å²) in [6, 6.07) is 8.83. The molecule has 1 atom stereocenters. The molecule has 0 saturated heterocycles. The van der Waals surface area contributed by atoms with Crippen molar-refractivity contribution in [3.63, 3.8) is 0 Å². The van der Waals surface area contributed by atoms with Gasteiger partial charge >= 0.3 is 0 Å². The molecule has 0 spiro atoms. The summed E-state index contributed by atoms with van der Waals surface area (Å²) in [6.07, 6.45) is 7.34. The maximum absolute atomic E-state index is 4.46. The Morgan fingerprint density at radius 1 is 1.27 bits per heavy atom. The molecule has 114 valence electrons. The third kappa shape index (κ3) is 2.80. The summed E-state index contributed by atoms with van der Waals surface area (Å²) in [6.45, 7) is 3.00. The predicted molar refractivity (Wildman–Crippen MR) is 87.4 cm³/mol. The predicted octanol–water partition coefficient (Wildman–Crippen LogP) is 2.88. The Hall–Kier alpha value is -2.40. The molecule has 0 aliphatic carbocycles. The second-order valence-corrected chi connectivity index (χ2v) is 5.70. The Morgan fingerprint density at radius 2 is 2.09 bits per heavy atom. The molecule has 1 unspecified atom stereocenters. The van der Waals surface area contributed by atoms with Gasteiger partial charge in [-0.05, 0) is 32.1 Å². The third-order valence-electron chi connectivity index (χ3n) is 4.00. The zero-order chi connectivity index (χ0) is 15.5. The van der Waals surface area contributed by atoms with Gasteiger partial charge < -0.3 is 14.5 Å². The number of hydrogen-bond donors (Lipinski definition) is 1. The Morgan fingerprint density at radius 3 is 2.77 bits per heavy atom. The van der Waals surface area contributed by atoms with Crippen LogP contribution < -0.4 is 0 Å². The van der Waals surface area contributed by atoms with Crippen LogP contribution in [0.4, 0.5) is 0 Å². The van der Waals surface area contributed by atoms with Gasteiger partial charge in [-0.2, -0.15) is 0 Å². The van der Waals surface area contributed by atoms with E-state index in [1.54, 1.807) is 12.5 Å². The van der Waals surface area contributed by atoms with Crippen molar-refractivity contribution < 1.29 is 0 Å². The van der Waals surface area contributed by atoms with Crippen LogP contribution >= 0.6 is 0 Å². The zero-order valence-electron chi connectivity index (χ0n) is 13.2. The summed E-state index contributed by atoms with van der Waals surface area (Å²) in [7, 11) is 4.23. The van der Waals surface area contributed by atoms with Crippen molar-refractivity contribution in [1.29, 1.82) is 0 Å². The molecule has 0 amide bonds. The monoisotopic (exact) mass is 295 g/mol. The van der Waals surface area contributed by atoms with Crippen LogP contribution in [0, 0.1) is 6.92 Å². The SMILES string of the molecule is Cc1ccccc1C(Cn1ccnc1-c1cnc[nH]1)N(C)C. The zero-order valence-corrected chi connectivity index (χ0v) is 13.2. The fraction of sp³-hybridized carbons (Fsp3) is 0.294. The van der Waals surface area contributed by atoms with Gasteiger partial charge in [0.15, 0.2) is 5.82 Å². The average Bonchev–Trinajstić information content (AvgIpc) is 3.16. The highest BCUT2D eigenvalue weighted by molar-refractivity contribution is 5.48. The van der Waals surface area contributed by atoms with Gasteiger partial charge in [0, 0.05) is 18.9 Å². The normalized spacial score (nSPS) is 12.7. The molecule has 22 heavy (non-hydrogen) atoms. The molecule has 2 heterocycles. The van der Waals surface area contributed by atoms with E-state index in [2.05, 4.69) is 69.7 Å². The van der Waals surface area contributed by atoms with Gasteiger partial charge in [0.2, 0.25) is 0 Å². The fourth-order valence-corrected chi connectivity index (χ4v) is 2.77. The molecule has 5 nitrogen and oxygen atoms in total. The summed E-state index contributed by atoms with van der Waals surface area (Å²) in [5.41, 5.74) is 3.59. The first kappa shape index (κ1) is 14.5. The van der Waals surface area contributed by atoms with Crippen molar-refractivity contribution in [3.8, 4) is 11.5 Å². The van der Waals surface area contributed by atoms with Crippen molar-refractivity contribution in [2.24, 2.45) is 0 Å². The van der Waals surface area contributed by atoms with Gasteiger partial charge in [-0.15, -0.1) is 0 Å². The van der Waals surface area contributed by atoms with Crippen LogP contribution in [-0.2, 0) is 6.54 Å². The first-order valence-corrected chi connectivity index (χ1v) is 7.38. The minimum absolute atomic E-state index is 0.289. The lowest BCUT2D eigenvalue weighted by Crippen LogP contribution is -2.25. The molecule has 5 heteroatoms. The number of nitrogens with zero attached hydrogens (tertiary/aromatic N) is 4. The fourth-order valence-electron chi connectivity index (χ4n) is 2.77. The third-order valence-corrected chi connectivity index (χ3v) is 4.00. The summed E-state index contributed by atoms with van der Waals surface area (Å²) in [5.74, 6) is 0.915. The van der Waals surface area contributed by atoms with Crippen LogP contribution in [0.3, 0.4) is 0 Å². The Labute approximate surface area is 130 Å². The second-order valence-electron chi connectivity index (χ2n) is 5.70. The Bertz CT molecular complexity index is 727. The number of benzene rings is 1. The van der Waals surface area contributed by atoms with Crippen LogP contribution in [0.15, 0.2) is 49.2 Å². The lowest BCUT2D eigenvalue weighted by molar-refractivity contribution is 0.269. The second kappa shape index (κ2) is 6.15. The largest absolute Gasteiger partial charge is 0.342 e. The molecular weight excluding hydrogens is 274 g/mol. The number of aryl methyl sites for hydroxylation is 1. The molecule has 2 aromatic heterocycles. The molecule has 0 fully saturated rings. The highest BCUT2D eigenvalue weighted by Crippen LogP contribution is 2.25. The highest BCUT2D eigenvalue weighted by Gasteiger charge is 2.18. The summed E-state index contributed by atoms with van der Waals surface area (Å²) in [4.78, 5) is 13.9. The van der Waals surface area contributed by atoms with E-state index in [0.29, 0.717) is 0 Å². The molecule has 0 aliphatic heterocycles. The standard InChI is InChI=1S/C17H21N5/c1-13-6-4-5-7-14(13)16(21(2)3)11-22-9-8-19-17(22)15-10-18-12-20-15/h4-10,12,16H,11H2,1-3H3,(H,18,20). The molecule has 0 aliphatic rings. The summed E-state index contributed by atoms with van der Waals surface area (Å²) < 4.78 is 2.17. The summed E-state index contributed by atoms with van der Waals surface area (Å²) in [5, 5.41) is 0. The van der Waals surface area contributed by atoms with Gasteiger partial charge in [-0.1, -0.05) is 24.3 Å². The lowest BCUT2D eigenvalue weighted by Gasteiger charge is -2.27. The van der Waals surface area contributed by atoms with Crippen molar-refractivity contribution >= 4 is 0 Å². The number of nitrogens with one attached hydrogen (secondary N) is 1. The number of hydrogen-bond acceptors (Lipinski definition) is 3. The highest BCUT2D eigenvalue weighted by atomic mass is 15.2. The maximum atomic E-state index is 4.46. The minimum atomic E-state index is 0.289.